The maximum atomic E-state index is 12.3. The summed E-state index contributed by atoms with van der Waals surface area (Å²) in [5.41, 5.74) is 5.32. The van der Waals surface area contributed by atoms with Crippen LogP contribution in [0.3, 0.4) is 0 Å². The number of carbonyl (C=O) groups excluding carboxylic acids is 1. The van der Waals surface area contributed by atoms with E-state index in [-0.39, 0.29) is 5.91 Å². The number of rotatable bonds is 2. The van der Waals surface area contributed by atoms with Crippen LogP contribution in [0, 0.1) is 0 Å². The molecule has 6 heteroatoms. The number of nitrogens with zero attached hydrogens (tertiary/aromatic N) is 2. The summed E-state index contributed by atoms with van der Waals surface area (Å²) in [5, 5.41) is 6.89. The predicted octanol–water partition coefficient (Wildman–Crippen LogP) is 3.42. The third-order valence-corrected chi connectivity index (χ3v) is 4.57. The van der Waals surface area contributed by atoms with Gasteiger partial charge in [0.1, 0.15) is 0 Å². The predicted molar refractivity (Wildman–Crippen MR) is 80.7 cm³/mol. The summed E-state index contributed by atoms with van der Waals surface area (Å²) in [7, 11) is 0. The standard InChI is InChI=1S/C15H13N3O2S/c19-14(9-5-6-12-13(7-9)21-8-16-12)17-15-10-3-1-2-4-11(10)18-20-15/h5-8H,1-4H2,(H,17,19). The Morgan fingerprint density at radius 1 is 1.29 bits per heavy atom. The van der Waals surface area contributed by atoms with Gasteiger partial charge in [0.15, 0.2) is 0 Å². The van der Waals surface area contributed by atoms with Gasteiger partial charge in [-0.1, -0.05) is 5.16 Å². The number of hydrogen-bond donors (Lipinski definition) is 1. The summed E-state index contributed by atoms with van der Waals surface area (Å²) < 4.78 is 6.29. The normalized spacial score (nSPS) is 14.1. The van der Waals surface area contributed by atoms with E-state index in [1.54, 1.807) is 11.6 Å². The third-order valence-electron chi connectivity index (χ3n) is 3.78. The summed E-state index contributed by atoms with van der Waals surface area (Å²) in [6, 6.07) is 5.49. The number of carbonyl (C=O) groups is 1. The molecule has 1 amide bonds. The van der Waals surface area contributed by atoms with Crippen molar-refractivity contribution in [2.75, 3.05) is 5.32 Å². The van der Waals surface area contributed by atoms with Crippen molar-refractivity contribution < 1.29 is 9.32 Å². The van der Waals surface area contributed by atoms with Crippen LogP contribution in [0.25, 0.3) is 10.2 Å². The summed E-state index contributed by atoms with van der Waals surface area (Å²) in [5.74, 6) is 0.328. The Hall–Kier alpha value is -2.21. The average molecular weight is 299 g/mol. The molecule has 1 aromatic carbocycles. The first-order chi connectivity index (χ1) is 10.3. The molecule has 0 unspecified atom stereocenters. The van der Waals surface area contributed by atoms with Gasteiger partial charge in [0.05, 0.1) is 21.4 Å². The van der Waals surface area contributed by atoms with E-state index in [1.165, 1.54) is 11.3 Å². The van der Waals surface area contributed by atoms with Gasteiger partial charge in [0, 0.05) is 11.1 Å². The van der Waals surface area contributed by atoms with Crippen LogP contribution in [-0.4, -0.2) is 16.0 Å². The molecule has 0 atom stereocenters. The summed E-state index contributed by atoms with van der Waals surface area (Å²) in [6.07, 6.45) is 4.10. The lowest BCUT2D eigenvalue weighted by Crippen LogP contribution is -2.13. The van der Waals surface area contributed by atoms with Gasteiger partial charge in [-0.2, -0.15) is 0 Å². The molecule has 0 bridgehead atoms. The SMILES string of the molecule is O=C(Nc1onc2c1CCCC2)c1ccc2ncsc2c1. The Kier molecular flexibility index (Phi) is 2.96. The zero-order valence-electron chi connectivity index (χ0n) is 11.3. The van der Waals surface area contributed by atoms with E-state index in [1.807, 2.05) is 12.1 Å². The summed E-state index contributed by atoms with van der Waals surface area (Å²) in [6.45, 7) is 0. The molecular weight excluding hydrogens is 286 g/mol. The zero-order chi connectivity index (χ0) is 14.2. The van der Waals surface area contributed by atoms with Gasteiger partial charge in [-0.25, -0.2) is 4.98 Å². The monoisotopic (exact) mass is 299 g/mol. The van der Waals surface area contributed by atoms with E-state index < -0.39 is 0 Å². The maximum absolute atomic E-state index is 12.3. The third kappa shape index (κ3) is 2.21. The molecule has 0 fully saturated rings. The van der Waals surface area contributed by atoms with Crippen molar-refractivity contribution in [2.45, 2.75) is 25.7 Å². The largest absolute Gasteiger partial charge is 0.338 e. The number of anilines is 1. The minimum atomic E-state index is -0.171. The van der Waals surface area contributed by atoms with Crippen LogP contribution < -0.4 is 5.32 Å². The highest BCUT2D eigenvalue weighted by atomic mass is 32.1. The fourth-order valence-electron chi connectivity index (χ4n) is 2.66. The van der Waals surface area contributed by atoms with Crippen molar-refractivity contribution in [3.63, 3.8) is 0 Å². The second-order valence-electron chi connectivity index (χ2n) is 5.13. The minimum absolute atomic E-state index is 0.171. The minimum Gasteiger partial charge on any atom is -0.338 e. The Labute approximate surface area is 125 Å². The highest BCUT2D eigenvalue weighted by Crippen LogP contribution is 2.28. The highest BCUT2D eigenvalue weighted by Gasteiger charge is 2.21. The molecule has 2 aromatic heterocycles. The molecule has 0 saturated heterocycles. The van der Waals surface area contributed by atoms with Crippen molar-refractivity contribution in [2.24, 2.45) is 0 Å². The van der Waals surface area contributed by atoms with Crippen molar-refractivity contribution in [1.82, 2.24) is 10.1 Å². The zero-order valence-corrected chi connectivity index (χ0v) is 12.1. The fourth-order valence-corrected chi connectivity index (χ4v) is 3.38. The quantitative estimate of drug-likeness (QED) is 0.787. The molecule has 106 valence electrons. The van der Waals surface area contributed by atoms with Gasteiger partial charge in [-0.15, -0.1) is 11.3 Å². The lowest BCUT2D eigenvalue weighted by molar-refractivity contribution is 0.102. The van der Waals surface area contributed by atoms with Crippen molar-refractivity contribution in [3.05, 3.63) is 40.5 Å². The van der Waals surface area contributed by atoms with Gasteiger partial charge in [-0.05, 0) is 43.9 Å². The first-order valence-corrected chi connectivity index (χ1v) is 7.81. The van der Waals surface area contributed by atoms with Crippen molar-refractivity contribution >= 4 is 33.3 Å². The van der Waals surface area contributed by atoms with E-state index in [0.717, 1.165) is 47.2 Å². The Morgan fingerprint density at radius 2 is 2.19 bits per heavy atom. The highest BCUT2D eigenvalue weighted by molar-refractivity contribution is 7.16. The topological polar surface area (TPSA) is 68.0 Å². The van der Waals surface area contributed by atoms with E-state index in [0.29, 0.717) is 11.4 Å². The van der Waals surface area contributed by atoms with Crippen LogP contribution in [0.5, 0.6) is 0 Å². The molecule has 3 aromatic rings. The van der Waals surface area contributed by atoms with Gasteiger partial charge in [0.25, 0.3) is 5.91 Å². The van der Waals surface area contributed by atoms with Gasteiger partial charge < -0.3 is 4.52 Å². The molecule has 0 radical (unpaired) electrons. The number of amides is 1. The smallest absolute Gasteiger partial charge is 0.258 e. The number of fused-ring (bicyclic) bond motifs is 2. The first kappa shape index (κ1) is 12.5. The molecule has 5 nitrogen and oxygen atoms in total. The van der Waals surface area contributed by atoms with Crippen molar-refractivity contribution in [1.29, 1.82) is 0 Å². The van der Waals surface area contributed by atoms with Crippen LogP contribution in [-0.2, 0) is 12.8 Å². The second kappa shape index (κ2) is 4.96. The molecule has 1 aliphatic carbocycles. The summed E-state index contributed by atoms with van der Waals surface area (Å²) >= 11 is 1.52. The number of aromatic nitrogens is 2. The molecule has 21 heavy (non-hydrogen) atoms. The molecule has 1 aliphatic rings. The van der Waals surface area contributed by atoms with Crippen LogP contribution in [0.4, 0.5) is 5.88 Å². The van der Waals surface area contributed by atoms with Crippen LogP contribution >= 0.6 is 11.3 Å². The molecule has 2 heterocycles. The number of thiazole rings is 1. The number of aryl methyl sites for hydroxylation is 1. The summed E-state index contributed by atoms with van der Waals surface area (Å²) in [4.78, 5) is 16.6. The Balaban J connectivity index is 1.61. The second-order valence-corrected chi connectivity index (χ2v) is 6.02. The molecule has 4 rings (SSSR count). The van der Waals surface area contributed by atoms with E-state index in [4.69, 9.17) is 4.52 Å². The fraction of sp³-hybridized carbons (Fsp3) is 0.267. The van der Waals surface area contributed by atoms with E-state index >= 15 is 0 Å². The molecule has 0 saturated carbocycles. The van der Waals surface area contributed by atoms with Crippen LogP contribution in [0.2, 0.25) is 0 Å². The molecule has 0 aliphatic heterocycles. The van der Waals surface area contributed by atoms with E-state index in [2.05, 4.69) is 15.5 Å². The Bertz CT molecular complexity index is 821. The average Bonchev–Trinajstić information content (AvgIpc) is 3.13. The first-order valence-electron chi connectivity index (χ1n) is 6.93. The lowest BCUT2D eigenvalue weighted by Gasteiger charge is -2.09. The number of hydrogen-bond acceptors (Lipinski definition) is 5. The number of nitrogens with one attached hydrogen (secondary N) is 1. The van der Waals surface area contributed by atoms with Gasteiger partial charge in [0.2, 0.25) is 5.88 Å². The lowest BCUT2D eigenvalue weighted by atomic mass is 9.97. The van der Waals surface area contributed by atoms with Crippen molar-refractivity contribution in [3.8, 4) is 0 Å². The molecule has 0 spiro atoms. The van der Waals surface area contributed by atoms with Gasteiger partial charge in [-0.3, -0.25) is 10.1 Å². The van der Waals surface area contributed by atoms with E-state index in [9.17, 15) is 4.79 Å². The van der Waals surface area contributed by atoms with Crippen LogP contribution in [0.15, 0.2) is 28.2 Å². The Morgan fingerprint density at radius 3 is 3.14 bits per heavy atom. The number of benzene rings is 1. The van der Waals surface area contributed by atoms with Crippen LogP contribution in [0.1, 0.15) is 34.5 Å². The maximum Gasteiger partial charge on any atom is 0.258 e. The molecule has 1 N–H and O–H groups in total. The van der Waals surface area contributed by atoms with Gasteiger partial charge >= 0.3 is 0 Å². The molecular formula is C15H13N3O2S.